The van der Waals surface area contributed by atoms with Crippen LogP contribution in [-0.4, -0.2) is 54.9 Å². The van der Waals surface area contributed by atoms with Gasteiger partial charge in [0.1, 0.15) is 5.82 Å². The summed E-state index contributed by atoms with van der Waals surface area (Å²) in [5, 5.41) is 12.3. The molecule has 0 unspecified atom stereocenters. The largest absolute Gasteiger partial charge is 0.396 e. The number of hydrogen-bond donors (Lipinski definition) is 3. The van der Waals surface area contributed by atoms with Gasteiger partial charge in [0.15, 0.2) is 0 Å². The van der Waals surface area contributed by atoms with Gasteiger partial charge in [-0.25, -0.2) is 9.18 Å². The average molecular weight is 450 g/mol. The number of carbonyl (C=O) groups is 1. The van der Waals surface area contributed by atoms with Crippen molar-refractivity contribution in [3.63, 3.8) is 0 Å². The van der Waals surface area contributed by atoms with E-state index in [0.717, 1.165) is 19.3 Å². The van der Waals surface area contributed by atoms with E-state index in [0.29, 0.717) is 44.1 Å². The SMILES string of the molecule is NC[C@H](CC1CCCCC1)NC(=O)N1CCC[C@@H]([C@@H](OCCCO)c2ccccc2F)C1. The number of nitrogens with zero attached hydrogens (tertiary/aromatic N) is 1. The number of nitrogens with one attached hydrogen (secondary N) is 1. The first kappa shape index (κ1) is 24.9. The molecule has 1 aliphatic carbocycles. The Morgan fingerprint density at radius 3 is 2.72 bits per heavy atom. The van der Waals surface area contributed by atoms with Crippen LogP contribution in [0.25, 0.3) is 0 Å². The highest BCUT2D eigenvalue weighted by Gasteiger charge is 2.33. The number of carbonyl (C=O) groups excluding carboxylic acids is 1. The van der Waals surface area contributed by atoms with Crippen LogP contribution in [0.15, 0.2) is 24.3 Å². The van der Waals surface area contributed by atoms with Crippen LogP contribution in [-0.2, 0) is 4.74 Å². The maximum atomic E-state index is 14.6. The number of ether oxygens (including phenoxy) is 1. The highest BCUT2D eigenvalue weighted by atomic mass is 19.1. The van der Waals surface area contributed by atoms with E-state index in [4.69, 9.17) is 15.6 Å². The lowest BCUT2D eigenvalue weighted by Gasteiger charge is -2.38. The van der Waals surface area contributed by atoms with E-state index < -0.39 is 6.10 Å². The molecule has 1 heterocycles. The lowest BCUT2D eigenvalue weighted by atomic mass is 9.85. The molecule has 2 fully saturated rings. The third kappa shape index (κ3) is 7.15. The standard InChI is InChI=1S/C25H40FN3O3/c26-23-12-5-4-11-22(23)24(32-15-7-14-30)20-10-6-13-29(18-20)25(31)28-21(17-27)16-19-8-2-1-3-9-19/h4-5,11-12,19-21,24,30H,1-3,6-10,13-18,27H2,(H,28,31)/t20-,21+,24-/m1/s1. The highest BCUT2D eigenvalue weighted by Crippen LogP contribution is 2.34. The second-order valence-electron chi connectivity index (χ2n) is 9.36. The minimum absolute atomic E-state index is 0.000219. The number of urea groups is 1. The normalized spacial score (nSPS) is 21.8. The van der Waals surface area contributed by atoms with Gasteiger partial charge in [0, 0.05) is 50.4 Å². The van der Waals surface area contributed by atoms with Crippen molar-refractivity contribution in [2.45, 2.75) is 69.9 Å². The molecule has 180 valence electrons. The van der Waals surface area contributed by atoms with Crippen LogP contribution >= 0.6 is 0 Å². The number of nitrogens with two attached hydrogens (primary N) is 1. The van der Waals surface area contributed by atoms with Crippen LogP contribution < -0.4 is 11.1 Å². The van der Waals surface area contributed by atoms with Gasteiger partial charge in [-0.05, 0) is 37.7 Å². The van der Waals surface area contributed by atoms with E-state index in [1.807, 2.05) is 11.0 Å². The highest BCUT2D eigenvalue weighted by molar-refractivity contribution is 5.74. The van der Waals surface area contributed by atoms with Gasteiger partial charge in [-0.1, -0.05) is 50.3 Å². The summed E-state index contributed by atoms with van der Waals surface area (Å²) in [6.07, 6.45) is 9.05. The van der Waals surface area contributed by atoms with Gasteiger partial charge < -0.3 is 25.8 Å². The maximum absolute atomic E-state index is 14.6. The van der Waals surface area contributed by atoms with Gasteiger partial charge in [-0.3, -0.25) is 0 Å². The fraction of sp³-hybridized carbons (Fsp3) is 0.720. The van der Waals surface area contributed by atoms with Crippen LogP contribution in [0, 0.1) is 17.7 Å². The number of hydrogen-bond acceptors (Lipinski definition) is 4. The smallest absolute Gasteiger partial charge is 0.317 e. The number of amides is 2. The first-order valence-corrected chi connectivity index (χ1v) is 12.3. The summed E-state index contributed by atoms with van der Waals surface area (Å²) < 4.78 is 20.6. The summed E-state index contributed by atoms with van der Waals surface area (Å²) in [5.41, 5.74) is 6.51. The fourth-order valence-electron chi connectivity index (χ4n) is 5.21. The molecule has 1 saturated carbocycles. The molecule has 2 aliphatic rings. The topological polar surface area (TPSA) is 87.8 Å². The molecule has 3 atom stereocenters. The van der Waals surface area contributed by atoms with E-state index in [9.17, 15) is 9.18 Å². The Balaban J connectivity index is 1.62. The number of rotatable bonds is 10. The molecule has 0 spiro atoms. The molecule has 32 heavy (non-hydrogen) atoms. The number of halogens is 1. The van der Waals surface area contributed by atoms with E-state index in [2.05, 4.69) is 5.32 Å². The van der Waals surface area contributed by atoms with Crippen LogP contribution in [0.2, 0.25) is 0 Å². The van der Waals surface area contributed by atoms with Crippen molar-refractivity contribution < 1.29 is 19.0 Å². The third-order valence-electron chi connectivity index (χ3n) is 6.94. The first-order chi connectivity index (χ1) is 15.6. The summed E-state index contributed by atoms with van der Waals surface area (Å²) in [7, 11) is 0. The lowest BCUT2D eigenvalue weighted by Crippen LogP contribution is -2.51. The average Bonchev–Trinajstić information content (AvgIpc) is 2.83. The third-order valence-corrected chi connectivity index (χ3v) is 6.94. The maximum Gasteiger partial charge on any atom is 0.317 e. The van der Waals surface area contributed by atoms with Crippen LogP contribution in [0.5, 0.6) is 0 Å². The predicted octanol–water partition coefficient (Wildman–Crippen LogP) is 3.99. The molecular formula is C25H40FN3O3. The monoisotopic (exact) mass is 449 g/mol. The molecule has 1 aromatic carbocycles. The molecular weight excluding hydrogens is 409 g/mol. The Morgan fingerprint density at radius 1 is 1.22 bits per heavy atom. The molecule has 1 saturated heterocycles. The van der Waals surface area contributed by atoms with Gasteiger partial charge in [0.2, 0.25) is 0 Å². The summed E-state index contributed by atoms with van der Waals surface area (Å²) in [6.45, 7) is 2.04. The molecule has 0 bridgehead atoms. The minimum atomic E-state index is -0.439. The van der Waals surface area contributed by atoms with Gasteiger partial charge in [0.05, 0.1) is 6.10 Å². The Morgan fingerprint density at radius 2 is 2.00 bits per heavy atom. The van der Waals surface area contributed by atoms with Crippen molar-refractivity contribution in [2.75, 3.05) is 32.8 Å². The molecule has 2 amide bonds. The van der Waals surface area contributed by atoms with Crippen LogP contribution in [0.4, 0.5) is 9.18 Å². The van der Waals surface area contributed by atoms with Crippen molar-refractivity contribution >= 4 is 6.03 Å². The van der Waals surface area contributed by atoms with Gasteiger partial charge in [-0.2, -0.15) is 0 Å². The second kappa shape index (κ2) is 13.1. The summed E-state index contributed by atoms with van der Waals surface area (Å²) in [5.74, 6) is 0.357. The predicted molar refractivity (Wildman–Crippen MR) is 124 cm³/mol. The first-order valence-electron chi connectivity index (χ1n) is 12.3. The van der Waals surface area contributed by atoms with E-state index in [-0.39, 0.29) is 30.4 Å². The molecule has 3 rings (SSSR count). The van der Waals surface area contributed by atoms with Gasteiger partial charge in [0.25, 0.3) is 0 Å². The zero-order valence-corrected chi connectivity index (χ0v) is 19.2. The van der Waals surface area contributed by atoms with Crippen molar-refractivity contribution in [2.24, 2.45) is 17.6 Å². The number of benzene rings is 1. The van der Waals surface area contributed by atoms with Gasteiger partial charge in [-0.15, -0.1) is 0 Å². The summed E-state index contributed by atoms with van der Waals surface area (Å²) in [4.78, 5) is 14.9. The molecule has 1 aliphatic heterocycles. The van der Waals surface area contributed by atoms with Crippen molar-refractivity contribution in [1.82, 2.24) is 10.2 Å². The number of piperidine rings is 1. The lowest BCUT2D eigenvalue weighted by molar-refractivity contribution is -0.0168. The van der Waals surface area contributed by atoms with E-state index in [1.54, 1.807) is 12.1 Å². The number of aliphatic hydroxyl groups excluding tert-OH is 1. The zero-order chi connectivity index (χ0) is 22.8. The van der Waals surface area contributed by atoms with Crippen molar-refractivity contribution in [1.29, 1.82) is 0 Å². The Kier molecular flexibility index (Phi) is 10.2. The number of likely N-dealkylation sites (tertiary alicyclic amines) is 1. The van der Waals surface area contributed by atoms with Crippen LogP contribution in [0.1, 0.15) is 69.5 Å². The Hall–Kier alpha value is -1.70. The molecule has 4 N–H and O–H groups in total. The van der Waals surface area contributed by atoms with Crippen LogP contribution in [0.3, 0.4) is 0 Å². The molecule has 6 nitrogen and oxygen atoms in total. The Bertz CT molecular complexity index is 699. The summed E-state index contributed by atoms with van der Waals surface area (Å²) in [6, 6.07) is 6.60. The second-order valence-corrected chi connectivity index (χ2v) is 9.36. The minimum Gasteiger partial charge on any atom is -0.396 e. The zero-order valence-electron chi connectivity index (χ0n) is 19.2. The van der Waals surface area contributed by atoms with Gasteiger partial charge >= 0.3 is 6.03 Å². The molecule has 7 heteroatoms. The molecule has 0 radical (unpaired) electrons. The number of aliphatic hydroxyl groups is 1. The fourth-order valence-corrected chi connectivity index (χ4v) is 5.21. The Labute approximate surface area is 191 Å². The quantitative estimate of drug-likeness (QED) is 0.472. The summed E-state index contributed by atoms with van der Waals surface area (Å²) >= 11 is 0. The van der Waals surface area contributed by atoms with E-state index in [1.165, 1.54) is 38.2 Å². The van der Waals surface area contributed by atoms with E-state index >= 15 is 0 Å². The van der Waals surface area contributed by atoms with Crippen molar-refractivity contribution in [3.8, 4) is 0 Å². The molecule has 0 aromatic heterocycles. The van der Waals surface area contributed by atoms with Crippen molar-refractivity contribution in [3.05, 3.63) is 35.6 Å². The molecule has 1 aromatic rings.